The van der Waals surface area contributed by atoms with Crippen molar-refractivity contribution in [1.82, 2.24) is 0 Å². The van der Waals surface area contributed by atoms with E-state index in [1.807, 2.05) is 0 Å². The Kier molecular flexibility index (Phi) is 2.72. The van der Waals surface area contributed by atoms with Crippen LogP contribution in [-0.2, 0) is 0 Å². The molecule has 2 unspecified atom stereocenters. The van der Waals surface area contributed by atoms with Crippen molar-refractivity contribution < 1.29 is 5.11 Å². The molecular formula is C9H18O. The molecule has 0 saturated heterocycles. The Bertz CT molecular complexity index is 98.9. The zero-order valence-corrected chi connectivity index (χ0v) is 7.01. The third-order valence-corrected chi connectivity index (χ3v) is 2.81. The van der Waals surface area contributed by atoms with Crippen LogP contribution in [0.1, 0.15) is 33.1 Å². The van der Waals surface area contributed by atoms with Gasteiger partial charge >= 0.3 is 0 Å². The van der Waals surface area contributed by atoms with Gasteiger partial charge in [0.25, 0.3) is 0 Å². The van der Waals surface area contributed by atoms with Gasteiger partial charge in [-0.1, -0.05) is 20.3 Å². The van der Waals surface area contributed by atoms with Crippen LogP contribution in [-0.4, -0.2) is 11.7 Å². The standard InChI is InChI=1S/C9H18O/c1-7(2)9-5-3-4-8(9)6-10/h7-10H,3-6H2,1-2H3. The highest BCUT2D eigenvalue weighted by atomic mass is 16.3. The van der Waals surface area contributed by atoms with Gasteiger partial charge in [-0.05, 0) is 30.6 Å². The Hall–Kier alpha value is -0.0400. The molecule has 0 radical (unpaired) electrons. The number of hydrogen-bond acceptors (Lipinski definition) is 1. The predicted molar refractivity (Wildman–Crippen MR) is 42.8 cm³/mol. The molecule has 1 saturated carbocycles. The van der Waals surface area contributed by atoms with Crippen molar-refractivity contribution in [3.8, 4) is 0 Å². The Morgan fingerprint density at radius 1 is 1.40 bits per heavy atom. The zero-order valence-electron chi connectivity index (χ0n) is 7.01. The lowest BCUT2D eigenvalue weighted by atomic mass is 9.87. The molecule has 60 valence electrons. The maximum atomic E-state index is 8.99. The van der Waals surface area contributed by atoms with Gasteiger partial charge in [0.2, 0.25) is 0 Å². The van der Waals surface area contributed by atoms with Crippen LogP contribution in [0.25, 0.3) is 0 Å². The van der Waals surface area contributed by atoms with Crippen molar-refractivity contribution in [2.45, 2.75) is 33.1 Å². The van der Waals surface area contributed by atoms with E-state index in [0.717, 1.165) is 11.8 Å². The van der Waals surface area contributed by atoms with Crippen molar-refractivity contribution in [2.24, 2.45) is 17.8 Å². The van der Waals surface area contributed by atoms with Crippen molar-refractivity contribution in [3.05, 3.63) is 0 Å². The van der Waals surface area contributed by atoms with Crippen molar-refractivity contribution in [1.29, 1.82) is 0 Å². The summed E-state index contributed by atoms with van der Waals surface area (Å²) >= 11 is 0. The molecule has 0 aliphatic heterocycles. The van der Waals surface area contributed by atoms with Crippen molar-refractivity contribution in [2.75, 3.05) is 6.61 Å². The van der Waals surface area contributed by atoms with Crippen LogP contribution in [0.4, 0.5) is 0 Å². The second kappa shape index (κ2) is 3.38. The number of aliphatic hydroxyl groups is 1. The molecule has 1 N–H and O–H groups in total. The smallest absolute Gasteiger partial charge is 0.0462 e. The third kappa shape index (κ3) is 1.51. The molecule has 0 aromatic heterocycles. The molecule has 0 amide bonds. The summed E-state index contributed by atoms with van der Waals surface area (Å²) < 4.78 is 0. The molecule has 2 atom stereocenters. The molecule has 1 aliphatic carbocycles. The Balaban J connectivity index is 2.42. The fourth-order valence-corrected chi connectivity index (χ4v) is 2.17. The van der Waals surface area contributed by atoms with Crippen LogP contribution in [0.15, 0.2) is 0 Å². The second-order valence-electron chi connectivity index (χ2n) is 3.78. The van der Waals surface area contributed by atoms with E-state index >= 15 is 0 Å². The van der Waals surface area contributed by atoms with Gasteiger partial charge in [-0.15, -0.1) is 0 Å². The molecule has 0 aromatic rings. The molecule has 0 bridgehead atoms. The highest BCUT2D eigenvalue weighted by molar-refractivity contribution is 4.78. The van der Waals surface area contributed by atoms with Crippen molar-refractivity contribution >= 4 is 0 Å². The molecule has 0 aromatic carbocycles. The second-order valence-corrected chi connectivity index (χ2v) is 3.78. The molecule has 0 spiro atoms. The first-order valence-electron chi connectivity index (χ1n) is 4.36. The molecule has 1 rings (SSSR count). The Morgan fingerprint density at radius 3 is 2.50 bits per heavy atom. The van der Waals surface area contributed by atoms with Gasteiger partial charge in [-0.2, -0.15) is 0 Å². The van der Waals surface area contributed by atoms with Crippen molar-refractivity contribution in [3.63, 3.8) is 0 Å². The first-order valence-corrected chi connectivity index (χ1v) is 4.36. The molecule has 1 nitrogen and oxygen atoms in total. The molecule has 1 aliphatic rings. The molecule has 0 heterocycles. The van der Waals surface area contributed by atoms with Gasteiger partial charge in [0, 0.05) is 6.61 Å². The van der Waals surface area contributed by atoms with Gasteiger partial charge in [0.15, 0.2) is 0 Å². The summed E-state index contributed by atoms with van der Waals surface area (Å²) in [6, 6.07) is 0. The van der Waals surface area contributed by atoms with E-state index < -0.39 is 0 Å². The van der Waals surface area contributed by atoms with Gasteiger partial charge < -0.3 is 5.11 Å². The minimum atomic E-state index is 0.406. The minimum absolute atomic E-state index is 0.406. The predicted octanol–water partition coefficient (Wildman–Crippen LogP) is 2.05. The van der Waals surface area contributed by atoms with Crippen LogP contribution in [0.2, 0.25) is 0 Å². The normalized spacial score (nSPS) is 33.6. The summed E-state index contributed by atoms with van der Waals surface area (Å²) in [7, 11) is 0. The molecule has 10 heavy (non-hydrogen) atoms. The van der Waals surface area contributed by atoms with Gasteiger partial charge in [0.1, 0.15) is 0 Å². The van der Waals surface area contributed by atoms with Gasteiger partial charge in [-0.25, -0.2) is 0 Å². The van der Waals surface area contributed by atoms with Crippen LogP contribution in [0.5, 0.6) is 0 Å². The Morgan fingerprint density at radius 2 is 2.10 bits per heavy atom. The van der Waals surface area contributed by atoms with E-state index in [1.165, 1.54) is 19.3 Å². The quantitative estimate of drug-likeness (QED) is 0.625. The monoisotopic (exact) mass is 142 g/mol. The fourth-order valence-electron chi connectivity index (χ4n) is 2.17. The van der Waals surface area contributed by atoms with Crippen LogP contribution < -0.4 is 0 Å². The van der Waals surface area contributed by atoms with E-state index in [-0.39, 0.29) is 0 Å². The number of aliphatic hydroxyl groups excluding tert-OH is 1. The third-order valence-electron chi connectivity index (χ3n) is 2.81. The van der Waals surface area contributed by atoms with E-state index in [0.29, 0.717) is 12.5 Å². The lowest BCUT2D eigenvalue weighted by molar-refractivity contribution is 0.170. The fraction of sp³-hybridized carbons (Fsp3) is 1.00. The van der Waals surface area contributed by atoms with Crippen LogP contribution >= 0.6 is 0 Å². The molecule has 1 heteroatoms. The number of rotatable bonds is 2. The highest BCUT2D eigenvalue weighted by Crippen LogP contribution is 2.36. The van der Waals surface area contributed by atoms with E-state index in [2.05, 4.69) is 13.8 Å². The Labute approximate surface area is 63.4 Å². The van der Waals surface area contributed by atoms with Crippen LogP contribution in [0.3, 0.4) is 0 Å². The largest absolute Gasteiger partial charge is 0.396 e. The average Bonchev–Trinajstić information content (AvgIpc) is 2.33. The lowest BCUT2D eigenvalue weighted by Gasteiger charge is -2.20. The van der Waals surface area contributed by atoms with E-state index in [9.17, 15) is 0 Å². The number of hydrogen-bond donors (Lipinski definition) is 1. The maximum Gasteiger partial charge on any atom is 0.0462 e. The zero-order chi connectivity index (χ0) is 7.56. The topological polar surface area (TPSA) is 20.2 Å². The average molecular weight is 142 g/mol. The molecule has 1 fully saturated rings. The summed E-state index contributed by atoms with van der Waals surface area (Å²) in [6.07, 6.45) is 3.91. The summed E-state index contributed by atoms with van der Waals surface area (Å²) in [6.45, 7) is 4.93. The van der Waals surface area contributed by atoms with Gasteiger partial charge in [0.05, 0.1) is 0 Å². The summed E-state index contributed by atoms with van der Waals surface area (Å²) in [5.74, 6) is 2.17. The summed E-state index contributed by atoms with van der Waals surface area (Å²) in [5.41, 5.74) is 0. The highest BCUT2D eigenvalue weighted by Gasteiger charge is 2.28. The van der Waals surface area contributed by atoms with Crippen LogP contribution in [0, 0.1) is 17.8 Å². The minimum Gasteiger partial charge on any atom is -0.396 e. The molecular weight excluding hydrogens is 124 g/mol. The SMILES string of the molecule is CC(C)C1CCCC1CO. The first kappa shape index (κ1) is 8.06. The first-order chi connectivity index (χ1) is 4.75. The maximum absolute atomic E-state index is 8.99. The van der Waals surface area contributed by atoms with E-state index in [1.54, 1.807) is 0 Å². The summed E-state index contributed by atoms with van der Waals surface area (Å²) in [5, 5.41) is 8.99. The lowest BCUT2D eigenvalue weighted by Crippen LogP contribution is -2.17. The van der Waals surface area contributed by atoms with Gasteiger partial charge in [-0.3, -0.25) is 0 Å². The van der Waals surface area contributed by atoms with E-state index in [4.69, 9.17) is 5.11 Å². The summed E-state index contributed by atoms with van der Waals surface area (Å²) in [4.78, 5) is 0.